The summed E-state index contributed by atoms with van der Waals surface area (Å²) >= 11 is 8.42. The molecule has 1 heterocycles. The van der Waals surface area contributed by atoms with Crippen LogP contribution in [0.3, 0.4) is 0 Å². The largest absolute Gasteiger partial charge is 0.254 e. The van der Waals surface area contributed by atoms with Crippen molar-refractivity contribution in [3.8, 4) is 0 Å². The first kappa shape index (κ1) is 13.9. The number of hydrogen-bond acceptors (Lipinski definition) is 2. The smallest absolute Gasteiger partial charge is 0.0871 e. The first-order chi connectivity index (χ1) is 7.15. The summed E-state index contributed by atoms with van der Waals surface area (Å²) in [5.41, 5.74) is 0. The molecule has 1 rings (SSSR count). The second kappa shape index (κ2) is 7.20. The molecule has 0 saturated heterocycles. The maximum Gasteiger partial charge on any atom is 0.0871 e. The zero-order valence-corrected chi connectivity index (χ0v) is 13.4. The fourth-order valence-corrected chi connectivity index (χ4v) is 6.05. The van der Waals surface area contributed by atoms with E-state index in [2.05, 4.69) is 38.8 Å². The molecule has 0 N–H and O–H groups in total. The molecule has 1 atom stereocenters. The Morgan fingerprint density at radius 3 is 2.60 bits per heavy atom. The van der Waals surface area contributed by atoms with Gasteiger partial charge >= 0.3 is 0 Å². The Labute approximate surface area is 114 Å². The Morgan fingerprint density at radius 2 is 2.07 bits per heavy atom. The minimum Gasteiger partial charge on any atom is -0.254 e. The van der Waals surface area contributed by atoms with Crippen LogP contribution in [0.15, 0.2) is 18.5 Å². The number of rotatable bonds is 6. The van der Waals surface area contributed by atoms with E-state index in [1.165, 1.54) is 19.3 Å². The summed E-state index contributed by atoms with van der Waals surface area (Å²) in [7, 11) is -0.844. The van der Waals surface area contributed by atoms with E-state index in [9.17, 15) is 4.21 Å². The zero-order chi connectivity index (χ0) is 11.3. The van der Waals surface area contributed by atoms with E-state index in [0.29, 0.717) is 0 Å². The van der Waals surface area contributed by atoms with Gasteiger partial charge in [-0.15, -0.1) is 11.3 Å². The number of hydrogen-bond donors (Lipinski definition) is 0. The van der Waals surface area contributed by atoms with Crippen molar-refractivity contribution in [3.63, 3.8) is 0 Å². The molecule has 0 amide bonds. The van der Waals surface area contributed by atoms with Crippen molar-refractivity contribution in [2.75, 3.05) is 5.75 Å². The summed E-state index contributed by atoms with van der Waals surface area (Å²) in [6.07, 6.45) is 4.71. The monoisotopic (exact) mass is 372 g/mol. The first-order valence-electron chi connectivity index (χ1n) is 4.98. The second-order valence-corrected chi connectivity index (χ2v) is 8.59. The highest BCUT2D eigenvalue weighted by atomic mass is 79.9. The molecular formula is C10H14Br2OS2. The molecule has 0 aliphatic heterocycles. The summed E-state index contributed by atoms with van der Waals surface area (Å²) in [4.78, 5) is 0.934. The van der Waals surface area contributed by atoms with Crippen molar-refractivity contribution in [1.29, 1.82) is 0 Å². The standard InChI is InChI=1S/C10H14Br2OS2/c1-2-3-4-5-6-15(13)8-7-9(11)14-10(8)12/h7H,2-6H2,1H3. The Balaban J connectivity index is 2.43. The Morgan fingerprint density at radius 1 is 1.33 bits per heavy atom. The van der Waals surface area contributed by atoms with Crippen molar-refractivity contribution in [2.24, 2.45) is 0 Å². The highest BCUT2D eigenvalue weighted by Gasteiger charge is 2.11. The van der Waals surface area contributed by atoms with Gasteiger partial charge in [0.05, 0.1) is 23.3 Å². The Kier molecular flexibility index (Phi) is 6.66. The molecule has 15 heavy (non-hydrogen) atoms. The van der Waals surface area contributed by atoms with E-state index >= 15 is 0 Å². The third-order valence-corrected chi connectivity index (χ3v) is 6.26. The van der Waals surface area contributed by atoms with Gasteiger partial charge in [0.2, 0.25) is 0 Å². The van der Waals surface area contributed by atoms with Gasteiger partial charge in [-0.1, -0.05) is 26.2 Å². The summed E-state index contributed by atoms with van der Waals surface area (Å²) in [5, 5.41) is 0. The maximum absolute atomic E-state index is 11.9. The molecule has 0 aliphatic carbocycles. The van der Waals surface area contributed by atoms with Gasteiger partial charge in [0.25, 0.3) is 0 Å². The number of thiophene rings is 1. The third kappa shape index (κ3) is 4.67. The van der Waals surface area contributed by atoms with Crippen LogP contribution in [0.1, 0.15) is 32.6 Å². The topological polar surface area (TPSA) is 17.1 Å². The lowest BCUT2D eigenvalue weighted by Crippen LogP contribution is -1.97. The molecule has 1 aromatic heterocycles. The molecule has 0 spiro atoms. The van der Waals surface area contributed by atoms with Crippen LogP contribution in [-0.4, -0.2) is 9.96 Å². The van der Waals surface area contributed by atoms with E-state index in [1.807, 2.05) is 6.07 Å². The van der Waals surface area contributed by atoms with Crippen LogP contribution in [0, 0.1) is 0 Å². The number of halogens is 2. The predicted octanol–water partition coefficient (Wildman–Crippen LogP) is 4.96. The van der Waals surface area contributed by atoms with Crippen LogP contribution < -0.4 is 0 Å². The fourth-order valence-electron chi connectivity index (χ4n) is 1.25. The molecular weight excluding hydrogens is 360 g/mol. The van der Waals surface area contributed by atoms with Crippen LogP contribution in [0.25, 0.3) is 0 Å². The van der Waals surface area contributed by atoms with Crippen LogP contribution in [0.5, 0.6) is 0 Å². The van der Waals surface area contributed by atoms with Gasteiger partial charge in [-0.25, -0.2) is 0 Å². The second-order valence-electron chi connectivity index (χ2n) is 3.30. The van der Waals surface area contributed by atoms with Gasteiger partial charge in [0.15, 0.2) is 0 Å². The lowest BCUT2D eigenvalue weighted by Gasteiger charge is -2.00. The predicted molar refractivity (Wildman–Crippen MR) is 75.1 cm³/mol. The molecule has 0 saturated carbocycles. The summed E-state index contributed by atoms with van der Waals surface area (Å²) < 4.78 is 13.9. The third-order valence-electron chi connectivity index (χ3n) is 2.05. The lowest BCUT2D eigenvalue weighted by atomic mass is 10.2. The van der Waals surface area contributed by atoms with Crippen LogP contribution in [0.2, 0.25) is 0 Å². The summed E-state index contributed by atoms with van der Waals surface area (Å²) in [6.45, 7) is 2.18. The van der Waals surface area contributed by atoms with Crippen LogP contribution in [-0.2, 0) is 10.8 Å². The van der Waals surface area contributed by atoms with E-state index in [-0.39, 0.29) is 0 Å². The van der Waals surface area contributed by atoms with Crippen molar-refractivity contribution in [1.82, 2.24) is 0 Å². The minimum atomic E-state index is -0.844. The summed E-state index contributed by atoms with van der Waals surface area (Å²) in [6, 6.07) is 1.95. The van der Waals surface area contributed by atoms with Crippen molar-refractivity contribution >= 4 is 54.0 Å². The quantitative estimate of drug-likeness (QED) is 0.644. The SMILES string of the molecule is CCCCCCS(=O)c1cc(Br)sc1Br. The summed E-state index contributed by atoms with van der Waals surface area (Å²) in [5.74, 6) is 0.780. The van der Waals surface area contributed by atoms with Crippen molar-refractivity contribution in [2.45, 2.75) is 37.5 Å². The molecule has 0 aliphatic rings. The highest BCUT2D eigenvalue weighted by molar-refractivity contribution is 9.12. The molecule has 1 nitrogen and oxygen atoms in total. The Hall–Kier alpha value is 0.810. The molecule has 0 radical (unpaired) electrons. The van der Waals surface area contributed by atoms with Gasteiger partial charge in [-0.2, -0.15) is 0 Å². The van der Waals surface area contributed by atoms with Gasteiger partial charge in [0.1, 0.15) is 0 Å². The molecule has 0 bridgehead atoms. The van der Waals surface area contributed by atoms with Crippen LogP contribution in [0.4, 0.5) is 0 Å². The molecule has 5 heteroatoms. The Bertz CT molecular complexity index is 336. The zero-order valence-electron chi connectivity index (χ0n) is 8.59. The van der Waals surface area contributed by atoms with E-state index in [1.54, 1.807) is 11.3 Å². The average Bonchev–Trinajstić information content (AvgIpc) is 2.52. The average molecular weight is 374 g/mol. The first-order valence-corrected chi connectivity index (χ1v) is 8.70. The fraction of sp³-hybridized carbons (Fsp3) is 0.600. The number of unbranched alkanes of at least 4 members (excludes halogenated alkanes) is 3. The van der Waals surface area contributed by atoms with E-state index in [4.69, 9.17) is 0 Å². The van der Waals surface area contributed by atoms with Crippen molar-refractivity contribution in [3.05, 3.63) is 13.6 Å². The van der Waals surface area contributed by atoms with Crippen molar-refractivity contribution < 1.29 is 4.21 Å². The normalized spacial score (nSPS) is 13.0. The van der Waals surface area contributed by atoms with Gasteiger partial charge < -0.3 is 0 Å². The van der Waals surface area contributed by atoms with E-state index in [0.717, 1.165) is 24.6 Å². The van der Waals surface area contributed by atoms with E-state index < -0.39 is 10.8 Å². The molecule has 86 valence electrons. The van der Waals surface area contributed by atoms with Crippen LogP contribution >= 0.6 is 43.2 Å². The van der Waals surface area contributed by atoms with Gasteiger partial charge in [0, 0.05) is 5.75 Å². The lowest BCUT2D eigenvalue weighted by molar-refractivity contribution is 0.668. The molecule has 0 fully saturated rings. The van der Waals surface area contributed by atoms with Gasteiger partial charge in [-0.3, -0.25) is 4.21 Å². The van der Waals surface area contributed by atoms with Gasteiger partial charge in [-0.05, 0) is 44.3 Å². The highest BCUT2D eigenvalue weighted by Crippen LogP contribution is 2.34. The molecule has 0 aromatic carbocycles. The minimum absolute atomic E-state index is 0.780. The maximum atomic E-state index is 11.9. The molecule has 1 unspecified atom stereocenters. The molecule has 1 aromatic rings.